The molecule has 1 aromatic carbocycles. The van der Waals surface area contributed by atoms with E-state index in [0.29, 0.717) is 26.2 Å². The third kappa shape index (κ3) is 4.95. The number of piperazine rings is 1. The molecule has 1 aliphatic heterocycles. The van der Waals surface area contributed by atoms with Crippen molar-refractivity contribution in [2.24, 2.45) is 0 Å². The van der Waals surface area contributed by atoms with E-state index in [2.05, 4.69) is 5.48 Å². The molecule has 2 rings (SSSR count). The predicted molar refractivity (Wildman–Crippen MR) is 85.0 cm³/mol. The van der Waals surface area contributed by atoms with Crippen LogP contribution in [0.5, 0.6) is 0 Å². The van der Waals surface area contributed by atoms with Crippen LogP contribution in [-0.4, -0.2) is 65.1 Å². The molecular weight excluding hydrogens is 314 g/mol. The Morgan fingerprint density at radius 3 is 2.25 bits per heavy atom. The Morgan fingerprint density at radius 2 is 1.71 bits per heavy atom. The zero-order valence-electron chi connectivity index (χ0n) is 13.5. The van der Waals surface area contributed by atoms with Crippen LogP contribution in [0.25, 0.3) is 0 Å². The summed E-state index contributed by atoms with van der Waals surface area (Å²) in [5.74, 6) is -1.14. The summed E-state index contributed by atoms with van der Waals surface area (Å²) in [6.45, 7) is 3.08. The summed E-state index contributed by atoms with van der Waals surface area (Å²) in [5.41, 5.74) is 3.15. The molecule has 1 saturated heterocycles. The van der Waals surface area contributed by atoms with Crippen LogP contribution in [0.3, 0.4) is 0 Å². The van der Waals surface area contributed by atoms with E-state index < -0.39 is 18.1 Å². The number of carboxylic acids is 1. The molecule has 0 bridgehead atoms. The van der Waals surface area contributed by atoms with E-state index >= 15 is 0 Å². The number of nitrogens with zero attached hydrogens (tertiary/aromatic N) is 2. The molecule has 1 heterocycles. The minimum Gasteiger partial charge on any atom is -0.480 e. The Balaban J connectivity index is 1.82. The molecule has 1 atom stereocenters. The summed E-state index contributed by atoms with van der Waals surface area (Å²) >= 11 is 0. The zero-order chi connectivity index (χ0) is 17.5. The van der Waals surface area contributed by atoms with Crippen molar-refractivity contribution in [3.63, 3.8) is 0 Å². The molecule has 0 radical (unpaired) electrons. The quantitative estimate of drug-likeness (QED) is 0.760. The molecule has 130 valence electrons. The second-order valence-corrected chi connectivity index (χ2v) is 5.56. The van der Waals surface area contributed by atoms with Gasteiger partial charge in [0.05, 0.1) is 0 Å². The minimum absolute atomic E-state index is 0.0325. The molecule has 8 heteroatoms. The molecule has 0 saturated carbocycles. The molecule has 0 aliphatic carbocycles. The average Bonchev–Trinajstić information content (AvgIpc) is 2.59. The van der Waals surface area contributed by atoms with Crippen molar-refractivity contribution in [2.45, 2.75) is 19.4 Å². The number of benzene rings is 1. The second-order valence-electron chi connectivity index (χ2n) is 5.56. The van der Waals surface area contributed by atoms with Gasteiger partial charge in [-0.2, -0.15) is 0 Å². The summed E-state index contributed by atoms with van der Waals surface area (Å²) in [7, 11) is 0. The van der Waals surface area contributed by atoms with Crippen LogP contribution in [0.1, 0.15) is 12.5 Å². The fourth-order valence-corrected chi connectivity index (χ4v) is 2.42. The molecule has 1 aromatic rings. The number of carbonyl (C=O) groups excluding carboxylic acids is 2. The standard InChI is InChI=1S/C16H21N3O5/c1-12(20)18-7-9-19(10-8-18)16(23)24-17-14(15(21)22)11-13-5-3-2-4-6-13/h2-6,14,17H,7-11H2,1H3,(H,21,22). The van der Waals surface area contributed by atoms with Crippen molar-refractivity contribution < 1.29 is 24.3 Å². The summed E-state index contributed by atoms with van der Waals surface area (Å²) in [5, 5.41) is 9.24. The van der Waals surface area contributed by atoms with Gasteiger partial charge in [-0.05, 0) is 5.56 Å². The van der Waals surface area contributed by atoms with Gasteiger partial charge in [0.15, 0.2) is 0 Å². The van der Waals surface area contributed by atoms with E-state index in [1.165, 1.54) is 11.8 Å². The fourth-order valence-electron chi connectivity index (χ4n) is 2.42. The minimum atomic E-state index is -1.10. The Kier molecular flexibility index (Phi) is 6.14. The lowest BCUT2D eigenvalue weighted by atomic mass is 10.1. The first-order valence-electron chi connectivity index (χ1n) is 7.71. The number of hydrogen-bond acceptors (Lipinski definition) is 5. The lowest BCUT2D eigenvalue weighted by Crippen LogP contribution is -2.52. The maximum Gasteiger partial charge on any atom is 0.428 e. The topological polar surface area (TPSA) is 99.2 Å². The average molecular weight is 335 g/mol. The van der Waals surface area contributed by atoms with Gasteiger partial charge in [-0.25, -0.2) is 4.79 Å². The smallest absolute Gasteiger partial charge is 0.428 e. The number of aliphatic carboxylic acids is 1. The first kappa shape index (κ1) is 17.7. The van der Waals surface area contributed by atoms with Gasteiger partial charge in [0.1, 0.15) is 6.04 Å². The molecule has 0 aromatic heterocycles. The Morgan fingerprint density at radius 1 is 1.12 bits per heavy atom. The van der Waals surface area contributed by atoms with Gasteiger partial charge in [0.25, 0.3) is 0 Å². The number of carbonyl (C=O) groups is 3. The number of rotatable bonds is 5. The van der Waals surface area contributed by atoms with Crippen LogP contribution in [0, 0.1) is 0 Å². The number of hydroxylamine groups is 1. The van der Waals surface area contributed by atoms with Crippen LogP contribution in [0.15, 0.2) is 30.3 Å². The maximum absolute atomic E-state index is 12.0. The highest BCUT2D eigenvalue weighted by atomic mass is 16.7. The van der Waals surface area contributed by atoms with Crippen molar-refractivity contribution in [1.82, 2.24) is 15.3 Å². The maximum atomic E-state index is 12.0. The second kappa shape index (κ2) is 8.30. The first-order chi connectivity index (χ1) is 11.5. The third-order valence-corrected chi connectivity index (χ3v) is 3.85. The summed E-state index contributed by atoms with van der Waals surface area (Å²) < 4.78 is 0. The van der Waals surface area contributed by atoms with Gasteiger partial charge >= 0.3 is 12.1 Å². The summed E-state index contributed by atoms with van der Waals surface area (Å²) in [4.78, 5) is 42.6. The van der Waals surface area contributed by atoms with Gasteiger partial charge in [0.2, 0.25) is 5.91 Å². The van der Waals surface area contributed by atoms with Gasteiger partial charge < -0.3 is 19.7 Å². The lowest BCUT2D eigenvalue weighted by Gasteiger charge is -2.33. The highest BCUT2D eigenvalue weighted by Crippen LogP contribution is 2.06. The first-order valence-corrected chi connectivity index (χ1v) is 7.71. The van der Waals surface area contributed by atoms with E-state index in [0.717, 1.165) is 5.56 Å². The van der Waals surface area contributed by atoms with Crippen molar-refractivity contribution >= 4 is 18.0 Å². The van der Waals surface area contributed by atoms with Crippen LogP contribution in [-0.2, 0) is 20.8 Å². The van der Waals surface area contributed by atoms with Crippen molar-refractivity contribution in [2.75, 3.05) is 26.2 Å². The normalized spacial score (nSPS) is 15.7. The largest absolute Gasteiger partial charge is 0.480 e. The fraction of sp³-hybridized carbons (Fsp3) is 0.438. The third-order valence-electron chi connectivity index (χ3n) is 3.85. The molecule has 1 unspecified atom stereocenters. The number of hydrogen-bond donors (Lipinski definition) is 2. The molecule has 8 nitrogen and oxygen atoms in total. The molecule has 2 N–H and O–H groups in total. The number of carboxylic acid groups (broad SMARTS) is 1. The van der Waals surface area contributed by atoms with Crippen LogP contribution < -0.4 is 5.48 Å². The Labute approximate surface area is 139 Å². The Hall–Kier alpha value is -2.61. The monoisotopic (exact) mass is 335 g/mol. The molecule has 1 aliphatic rings. The van der Waals surface area contributed by atoms with E-state index in [4.69, 9.17) is 4.84 Å². The molecule has 0 spiro atoms. The lowest BCUT2D eigenvalue weighted by molar-refractivity contribution is -0.142. The molecule has 2 amide bonds. The van der Waals surface area contributed by atoms with E-state index in [1.54, 1.807) is 17.0 Å². The highest BCUT2D eigenvalue weighted by Gasteiger charge is 2.25. The number of nitrogens with one attached hydrogen (secondary N) is 1. The van der Waals surface area contributed by atoms with Crippen molar-refractivity contribution in [3.05, 3.63) is 35.9 Å². The van der Waals surface area contributed by atoms with Crippen LogP contribution >= 0.6 is 0 Å². The van der Waals surface area contributed by atoms with E-state index in [-0.39, 0.29) is 12.3 Å². The SMILES string of the molecule is CC(=O)N1CCN(C(=O)ONC(Cc2ccccc2)C(=O)O)CC1. The Bertz CT molecular complexity index is 585. The predicted octanol–water partition coefficient (Wildman–Crippen LogP) is 0.488. The number of amides is 2. The van der Waals surface area contributed by atoms with Crippen molar-refractivity contribution in [3.8, 4) is 0 Å². The van der Waals surface area contributed by atoms with Gasteiger partial charge in [-0.3, -0.25) is 9.59 Å². The summed E-state index contributed by atoms with van der Waals surface area (Å²) in [6.07, 6.45) is -0.445. The molecule has 24 heavy (non-hydrogen) atoms. The van der Waals surface area contributed by atoms with E-state index in [1.807, 2.05) is 18.2 Å². The zero-order valence-corrected chi connectivity index (χ0v) is 13.5. The van der Waals surface area contributed by atoms with Gasteiger partial charge in [0, 0.05) is 39.5 Å². The molecule has 1 fully saturated rings. The van der Waals surface area contributed by atoms with Crippen molar-refractivity contribution in [1.29, 1.82) is 0 Å². The van der Waals surface area contributed by atoms with E-state index in [9.17, 15) is 19.5 Å². The highest BCUT2D eigenvalue weighted by molar-refractivity contribution is 5.75. The van der Waals surface area contributed by atoms with Gasteiger partial charge in [-0.1, -0.05) is 30.3 Å². The summed E-state index contributed by atoms with van der Waals surface area (Å²) in [6, 6.07) is 8.05. The van der Waals surface area contributed by atoms with Crippen LogP contribution in [0.4, 0.5) is 4.79 Å². The van der Waals surface area contributed by atoms with Crippen LogP contribution in [0.2, 0.25) is 0 Å². The molecular formula is C16H21N3O5. The van der Waals surface area contributed by atoms with Gasteiger partial charge in [-0.15, -0.1) is 5.48 Å².